The predicted molar refractivity (Wildman–Crippen MR) is 56.1 cm³/mol. The van der Waals surface area contributed by atoms with Crippen LogP contribution in [0.1, 0.15) is 6.42 Å². The number of nitrogens with zero attached hydrogens (tertiary/aromatic N) is 2. The Labute approximate surface area is 97.3 Å². The summed E-state index contributed by atoms with van der Waals surface area (Å²) in [7, 11) is 0. The molecular formula is C9H15N3O5. The van der Waals surface area contributed by atoms with Gasteiger partial charge in [-0.1, -0.05) is 0 Å². The average Bonchev–Trinajstić information content (AvgIpc) is 2.57. The number of aliphatic hydroxyl groups excluding tert-OH is 3. The molecule has 0 saturated carbocycles. The van der Waals surface area contributed by atoms with Crippen molar-refractivity contribution in [3.05, 3.63) is 0 Å². The van der Waals surface area contributed by atoms with E-state index in [1.165, 1.54) is 4.90 Å². The summed E-state index contributed by atoms with van der Waals surface area (Å²) in [5.41, 5.74) is 5.41. The molecule has 2 aliphatic rings. The summed E-state index contributed by atoms with van der Waals surface area (Å²) in [6.07, 6.45) is -3.98. The molecule has 2 aliphatic heterocycles. The van der Waals surface area contributed by atoms with Crippen molar-refractivity contribution in [1.29, 1.82) is 0 Å². The zero-order valence-electron chi connectivity index (χ0n) is 9.06. The van der Waals surface area contributed by atoms with Crippen LogP contribution in [0.3, 0.4) is 0 Å². The zero-order chi connectivity index (χ0) is 12.6. The van der Waals surface area contributed by atoms with Gasteiger partial charge in [-0.15, -0.1) is 0 Å². The number of rotatable bonds is 2. The molecule has 0 aromatic heterocycles. The smallest absolute Gasteiger partial charge is 0.347 e. The molecule has 1 fully saturated rings. The standard InChI is InChI=1S/C9H15N3O5/c10-5-1-2-12(9(16)11-5)8-7(15)6(14)4(3-13)17-8/h4,6-8,13-15H,1-3H2,(H2,10,11,16)/t4-,6-,7-,8-/m1/s1. The molecule has 0 aromatic carbocycles. The van der Waals surface area contributed by atoms with Crippen molar-refractivity contribution in [3.63, 3.8) is 0 Å². The van der Waals surface area contributed by atoms with Crippen LogP contribution in [-0.2, 0) is 4.74 Å². The highest BCUT2D eigenvalue weighted by Crippen LogP contribution is 2.25. The summed E-state index contributed by atoms with van der Waals surface area (Å²) in [6, 6.07) is -0.608. The molecule has 0 radical (unpaired) electrons. The third kappa shape index (κ3) is 2.12. The molecule has 0 spiro atoms. The third-order valence-corrected chi connectivity index (χ3v) is 2.92. The highest BCUT2D eigenvalue weighted by atomic mass is 16.6. The van der Waals surface area contributed by atoms with Crippen LogP contribution in [0.2, 0.25) is 0 Å². The Morgan fingerprint density at radius 2 is 2.18 bits per heavy atom. The van der Waals surface area contributed by atoms with E-state index in [0.29, 0.717) is 6.42 Å². The Bertz CT molecular complexity index is 348. The van der Waals surface area contributed by atoms with Gasteiger partial charge < -0.3 is 25.8 Å². The number of carbonyl (C=O) groups is 1. The van der Waals surface area contributed by atoms with Gasteiger partial charge in [0.1, 0.15) is 24.1 Å². The van der Waals surface area contributed by atoms with E-state index in [1.807, 2.05) is 0 Å². The lowest BCUT2D eigenvalue weighted by molar-refractivity contribution is -0.0780. The van der Waals surface area contributed by atoms with Gasteiger partial charge in [-0.25, -0.2) is 4.79 Å². The molecule has 4 atom stereocenters. The molecule has 2 rings (SSSR count). The topological polar surface area (TPSA) is 129 Å². The lowest BCUT2D eigenvalue weighted by Crippen LogP contribution is -2.49. The van der Waals surface area contributed by atoms with Crippen molar-refractivity contribution in [1.82, 2.24) is 4.90 Å². The molecule has 0 bridgehead atoms. The molecule has 0 aliphatic carbocycles. The van der Waals surface area contributed by atoms with Crippen LogP contribution in [0.25, 0.3) is 0 Å². The number of urea groups is 1. The van der Waals surface area contributed by atoms with Crippen LogP contribution >= 0.6 is 0 Å². The third-order valence-electron chi connectivity index (χ3n) is 2.92. The zero-order valence-corrected chi connectivity index (χ0v) is 9.06. The van der Waals surface area contributed by atoms with Gasteiger partial charge in [0, 0.05) is 13.0 Å². The Morgan fingerprint density at radius 1 is 1.47 bits per heavy atom. The second-order valence-corrected chi connectivity index (χ2v) is 4.06. The quantitative estimate of drug-likeness (QED) is 0.429. The molecule has 8 nitrogen and oxygen atoms in total. The molecule has 0 unspecified atom stereocenters. The number of amides is 2. The van der Waals surface area contributed by atoms with Gasteiger partial charge in [0.2, 0.25) is 0 Å². The molecule has 1 saturated heterocycles. The van der Waals surface area contributed by atoms with Crippen LogP contribution in [0, 0.1) is 0 Å². The molecule has 17 heavy (non-hydrogen) atoms. The van der Waals surface area contributed by atoms with Gasteiger partial charge in [0.05, 0.1) is 6.61 Å². The first-order valence-electron chi connectivity index (χ1n) is 5.30. The van der Waals surface area contributed by atoms with Gasteiger partial charge in [0.25, 0.3) is 0 Å². The number of amidine groups is 1. The first-order valence-corrected chi connectivity index (χ1v) is 5.30. The number of ether oxygens (including phenoxy) is 1. The first kappa shape index (κ1) is 12.2. The Hall–Kier alpha value is -1.22. The Balaban J connectivity index is 2.11. The summed E-state index contributed by atoms with van der Waals surface area (Å²) in [5.74, 6) is 0.234. The van der Waals surface area contributed by atoms with Crippen LogP contribution < -0.4 is 5.73 Å². The van der Waals surface area contributed by atoms with E-state index in [1.54, 1.807) is 0 Å². The van der Waals surface area contributed by atoms with Crippen molar-refractivity contribution in [3.8, 4) is 0 Å². The van der Waals surface area contributed by atoms with Crippen LogP contribution in [0.5, 0.6) is 0 Å². The maximum Gasteiger partial charge on any atom is 0.347 e. The summed E-state index contributed by atoms with van der Waals surface area (Å²) in [6.45, 7) is -0.164. The molecule has 8 heteroatoms. The number of hydrogen-bond acceptors (Lipinski definition) is 6. The van der Waals surface area contributed by atoms with E-state index >= 15 is 0 Å². The van der Waals surface area contributed by atoms with E-state index in [0.717, 1.165) is 0 Å². The fourth-order valence-corrected chi connectivity index (χ4v) is 1.95. The van der Waals surface area contributed by atoms with Gasteiger partial charge in [-0.3, -0.25) is 4.90 Å². The fourth-order valence-electron chi connectivity index (χ4n) is 1.95. The summed E-state index contributed by atoms with van der Waals surface area (Å²) < 4.78 is 5.23. The highest BCUT2D eigenvalue weighted by Gasteiger charge is 2.47. The van der Waals surface area contributed by atoms with Crippen molar-refractivity contribution < 1.29 is 24.9 Å². The molecule has 96 valence electrons. The van der Waals surface area contributed by atoms with E-state index in [9.17, 15) is 15.0 Å². The van der Waals surface area contributed by atoms with E-state index < -0.39 is 37.2 Å². The number of aliphatic imine (C=N–C) groups is 1. The van der Waals surface area contributed by atoms with Gasteiger partial charge in [-0.2, -0.15) is 4.99 Å². The maximum atomic E-state index is 11.6. The number of aliphatic hydroxyl groups is 3. The Kier molecular flexibility index (Phi) is 3.29. The van der Waals surface area contributed by atoms with Crippen molar-refractivity contribution in [2.45, 2.75) is 31.0 Å². The molecule has 2 amide bonds. The maximum absolute atomic E-state index is 11.6. The first-order chi connectivity index (χ1) is 8.04. The van der Waals surface area contributed by atoms with E-state index in [-0.39, 0.29) is 12.4 Å². The van der Waals surface area contributed by atoms with Crippen LogP contribution in [0.15, 0.2) is 4.99 Å². The average molecular weight is 245 g/mol. The van der Waals surface area contributed by atoms with Gasteiger partial charge >= 0.3 is 6.03 Å². The SMILES string of the molecule is NC1=NC(=O)N([C@@H]2O[C@H](CO)[C@@H](O)[C@H]2O)CC1. The summed E-state index contributed by atoms with van der Waals surface area (Å²) in [4.78, 5) is 16.3. The summed E-state index contributed by atoms with van der Waals surface area (Å²) >= 11 is 0. The Morgan fingerprint density at radius 3 is 2.71 bits per heavy atom. The van der Waals surface area contributed by atoms with Gasteiger partial charge in [0.15, 0.2) is 6.23 Å². The lowest BCUT2D eigenvalue weighted by Gasteiger charge is -2.30. The van der Waals surface area contributed by atoms with Crippen molar-refractivity contribution in [2.75, 3.05) is 13.2 Å². The molecule has 5 N–H and O–H groups in total. The number of carbonyl (C=O) groups excluding carboxylic acids is 1. The highest BCUT2D eigenvalue weighted by molar-refractivity contribution is 5.95. The lowest BCUT2D eigenvalue weighted by atomic mass is 10.1. The normalized spacial score (nSPS) is 38.4. The van der Waals surface area contributed by atoms with E-state index in [4.69, 9.17) is 15.6 Å². The minimum absolute atomic E-state index is 0.234. The van der Waals surface area contributed by atoms with E-state index in [2.05, 4.69) is 4.99 Å². The second-order valence-electron chi connectivity index (χ2n) is 4.06. The predicted octanol–water partition coefficient (Wildman–Crippen LogP) is -2.39. The fraction of sp³-hybridized carbons (Fsp3) is 0.778. The largest absolute Gasteiger partial charge is 0.394 e. The summed E-state index contributed by atoms with van der Waals surface area (Å²) in [5, 5.41) is 28.2. The molecule has 0 aromatic rings. The number of hydrogen-bond donors (Lipinski definition) is 4. The molecule has 2 heterocycles. The second kappa shape index (κ2) is 4.57. The van der Waals surface area contributed by atoms with Crippen LogP contribution in [-0.4, -0.2) is 69.8 Å². The minimum Gasteiger partial charge on any atom is -0.394 e. The van der Waals surface area contributed by atoms with Crippen molar-refractivity contribution >= 4 is 11.9 Å². The van der Waals surface area contributed by atoms with Gasteiger partial charge in [-0.05, 0) is 0 Å². The monoisotopic (exact) mass is 245 g/mol. The number of nitrogens with two attached hydrogens (primary N) is 1. The van der Waals surface area contributed by atoms with Crippen molar-refractivity contribution in [2.24, 2.45) is 10.7 Å². The van der Waals surface area contributed by atoms with Crippen LogP contribution in [0.4, 0.5) is 4.79 Å². The molecular weight excluding hydrogens is 230 g/mol. The minimum atomic E-state index is -1.26.